The van der Waals surface area contributed by atoms with Crippen LogP contribution in [0.5, 0.6) is 5.75 Å². The Morgan fingerprint density at radius 1 is 0.556 bits per heavy atom. The van der Waals surface area contributed by atoms with E-state index in [0.29, 0.717) is 45.7 Å². The van der Waals surface area contributed by atoms with Crippen LogP contribution in [-0.2, 0) is 37.4 Å². The van der Waals surface area contributed by atoms with Gasteiger partial charge < -0.3 is 18.9 Å². The molecule has 4 amide bonds. The molecule has 2 aliphatic heterocycles. The zero-order chi connectivity index (χ0) is 57.8. The summed E-state index contributed by atoms with van der Waals surface area (Å²) in [6, 6.07) is 22.6. The zero-order valence-electron chi connectivity index (χ0n) is 46.9. The van der Waals surface area contributed by atoms with Crippen LogP contribution in [0.1, 0.15) is 183 Å². The van der Waals surface area contributed by atoms with Crippen molar-refractivity contribution in [2.24, 2.45) is 7.05 Å². The molecule has 4 heterocycles. The number of hydrogen-bond acceptors (Lipinski definition) is 13. The molecule has 0 spiro atoms. The molecule has 0 radical (unpaired) electrons. The Kier molecular flexibility index (Phi) is 23.3. The maximum atomic E-state index is 13.6. The maximum Gasteiger partial charge on any atom is 0.422 e. The van der Waals surface area contributed by atoms with Gasteiger partial charge in [-0.05, 0) is 80.4 Å². The number of benzene rings is 4. The van der Waals surface area contributed by atoms with Crippen LogP contribution in [0.2, 0.25) is 10.0 Å². The fourth-order valence-corrected chi connectivity index (χ4v) is 10.4. The molecule has 81 heavy (non-hydrogen) atoms. The lowest BCUT2D eigenvalue weighted by Gasteiger charge is -2.17. The third-order valence-corrected chi connectivity index (χ3v) is 15.0. The molecule has 8 rings (SSSR count). The molecule has 6 aromatic rings. The number of hydrogen-bond donors (Lipinski definition) is 0. The number of amides is 4. The molecule has 0 bridgehead atoms. The molecule has 2 aromatic heterocycles. The number of cyclic esters (lactones) is 2. The van der Waals surface area contributed by atoms with Crippen molar-refractivity contribution in [2.75, 3.05) is 23.0 Å². The van der Waals surface area contributed by atoms with Crippen LogP contribution < -0.4 is 25.7 Å². The highest BCUT2D eigenvalue weighted by molar-refractivity contribution is 6.35. The van der Waals surface area contributed by atoms with Gasteiger partial charge in [-0.25, -0.2) is 34.2 Å². The molecule has 432 valence electrons. The number of fused-ring (bicyclic) bond motifs is 2. The van der Waals surface area contributed by atoms with E-state index in [4.69, 9.17) is 42.1 Å². The summed E-state index contributed by atoms with van der Waals surface area (Å²) in [6.45, 7) is 7.26. The fourth-order valence-electron chi connectivity index (χ4n) is 10.0. The highest BCUT2D eigenvalue weighted by Gasteiger charge is 2.47. The van der Waals surface area contributed by atoms with Gasteiger partial charge in [0, 0.05) is 18.6 Å². The summed E-state index contributed by atoms with van der Waals surface area (Å²) in [6.07, 6.45) is 18.7. The largest absolute Gasteiger partial charge is 0.492 e. The van der Waals surface area contributed by atoms with Gasteiger partial charge in [0.05, 0.1) is 57.0 Å². The predicted molar refractivity (Wildman–Crippen MR) is 314 cm³/mol. The normalized spacial score (nSPS) is 15.1. The summed E-state index contributed by atoms with van der Waals surface area (Å²) < 4.78 is 24.6. The number of imide groups is 2. The quantitative estimate of drug-likeness (QED) is 0.0244. The van der Waals surface area contributed by atoms with Crippen LogP contribution in [-0.4, -0.2) is 62.3 Å². The smallest absolute Gasteiger partial charge is 0.422 e. The Morgan fingerprint density at radius 3 is 1.72 bits per heavy atom. The Balaban J connectivity index is 0.000000234. The molecule has 2 atom stereocenters. The van der Waals surface area contributed by atoms with Crippen LogP contribution >= 0.6 is 23.2 Å². The Hall–Kier alpha value is -7.11. The van der Waals surface area contributed by atoms with Crippen LogP contribution in [0.3, 0.4) is 0 Å². The number of rotatable bonds is 29. The average molecular weight is 1150 g/mol. The summed E-state index contributed by atoms with van der Waals surface area (Å²) >= 11 is 12.5. The molecule has 2 fully saturated rings. The van der Waals surface area contributed by atoms with E-state index in [-0.39, 0.29) is 51.3 Å². The molecule has 0 saturated carbocycles. The number of nitrogens with zero attached hydrogens (tertiary/aromatic N) is 6. The van der Waals surface area contributed by atoms with Gasteiger partial charge in [-0.3, -0.25) is 28.3 Å². The first-order valence-corrected chi connectivity index (χ1v) is 29.5. The Morgan fingerprint density at radius 2 is 1.09 bits per heavy atom. The number of para-hydroxylation sites is 3. The van der Waals surface area contributed by atoms with E-state index >= 15 is 0 Å². The van der Waals surface area contributed by atoms with E-state index in [0.717, 1.165) is 54.7 Å². The monoisotopic (exact) mass is 1150 g/mol. The van der Waals surface area contributed by atoms with Crippen molar-refractivity contribution >= 4 is 86.4 Å². The molecule has 4 aromatic carbocycles. The summed E-state index contributed by atoms with van der Waals surface area (Å²) in [5, 5.41) is 1.23. The first kappa shape index (κ1) is 61.5. The molecule has 2 saturated heterocycles. The lowest BCUT2D eigenvalue weighted by Crippen LogP contribution is -2.33. The number of ether oxygens (including phenoxy) is 4. The molecule has 17 nitrogen and oxygen atoms in total. The van der Waals surface area contributed by atoms with Crippen molar-refractivity contribution in [3.8, 4) is 5.75 Å². The highest BCUT2D eigenvalue weighted by Crippen LogP contribution is 2.38. The van der Waals surface area contributed by atoms with Crippen LogP contribution in [0.25, 0.3) is 21.8 Å². The molecule has 19 heteroatoms. The van der Waals surface area contributed by atoms with Gasteiger partial charge >= 0.3 is 18.2 Å². The molecule has 0 aliphatic carbocycles. The third kappa shape index (κ3) is 15.7. The molecular formula is C62H74Cl2N6O11. The van der Waals surface area contributed by atoms with Gasteiger partial charge in [0.1, 0.15) is 5.75 Å². The lowest BCUT2D eigenvalue weighted by atomic mass is 10.1. The van der Waals surface area contributed by atoms with Crippen LogP contribution in [0.15, 0.2) is 94.5 Å². The fraction of sp³-hybridized carbons (Fsp3) is 0.468. The maximum absolute atomic E-state index is 13.6. The van der Waals surface area contributed by atoms with Gasteiger partial charge in [-0.1, -0.05) is 177 Å². The van der Waals surface area contributed by atoms with Crippen LogP contribution in [0, 0.1) is 0 Å². The third-order valence-electron chi connectivity index (χ3n) is 14.4. The molecular weight excluding hydrogens is 1080 g/mol. The number of unbranched alkanes of at least 4 members (excludes halogenated alkanes) is 18. The highest BCUT2D eigenvalue weighted by atomic mass is 35.5. The van der Waals surface area contributed by atoms with Gasteiger partial charge in [-0.2, -0.15) is 0 Å². The van der Waals surface area contributed by atoms with Crippen molar-refractivity contribution in [2.45, 2.75) is 168 Å². The minimum Gasteiger partial charge on any atom is -0.492 e. The first-order chi connectivity index (χ1) is 39.3. The van der Waals surface area contributed by atoms with E-state index in [1.165, 1.54) is 118 Å². The number of carbonyl (C=O) groups is 5. The van der Waals surface area contributed by atoms with Gasteiger partial charge in [0.2, 0.25) is 12.2 Å². The van der Waals surface area contributed by atoms with E-state index in [2.05, 4.69) is 23.8 Å². The van der Waals surface area contributed by atoms with Crippen molar-refractivity contribution in [1.29, 1.82) is 0 Å². The van der Waals surface area contributed by atoms with Crippen molar-refractivity contribution in [3.05, 3.63) is 133 Å². The SMILES string of the molecule is CCCCCCCCCCCCOC(=O)c1ccc(Cl)c(N2C(=O)OC(c3nc4ccccc4c(=O)n3C)C2=O)c1.CCCCCCCCCCCCn1c(C2OC(=O)N(c3ccccc3OCC)C2=O)nc2ccc(Cl)cc2c1=O. The van der Waals surface area contributed by atoms with E-state index in [1.807, 2.05) is 6.92 Å². The summed E-state index contributed by atoms with van der Waals surface area (Å²) in [5.41, 5.74) is 0.505. The first-order valence-electron chi connectivity index (χ1n) is 28.7. The van der Waals surface area contributed by atoms with Crippen LogP contribution in [0.4, 0.5) is 21.0 Å². The average Bonchev–Trinajstić information content (AvgIpc) is 4.15. The second kappa shape index (κ2) is 30.6. The minimum absolute atomic E-state index is 0.0108. The zero-order valence-corrected chi connectivity index (χ0v) is 48.4. The summed E-state index contributed by atoms with van der Waals surface area (Å²) in [7, 11) is 1.46. The molecule has 0 N–H and O–H groups in total. The summed E-state index contributed by atoms with van der Waals surface area (Å²) in [4.78, 5) is 103. The van der Waals surface area contributed by atoms with E-state index in [1.54, 1.807) is 66.7 Å². The van der Waals surface area contributed by atoms with E-state index < -0.39 is 42.2 Å². The second-order valence-corrected chi connectivity index (χ2v) is 21.2. The van der Waals surface area contributed by atoms with Crippen molar-refractivity contribution in [3.63, 3.8) is 0 Å². The standard InChI is InChI=1S/C31H36ClN3O6.C31H38ClN3O5/c1-3-4-5-6-7-8-9-10-11-14-19-40-30(38)21-17-18-23(32)25(20-21)35-29(37)26(41-31(35)39)27-33-24-16-13-12-15-22(24)28(36)34(27)2;1-3-5-6-7-8-9-10-11-12-15-20-34-28(33-24-19-18-22(32)21-23(24)29(34)36)27-30(37)35(31(38)40-27)25-16-13-14-17-26(25)39-4-2/h12-13,15-18,20,26H,3-11,14,19H2,1-2H3;13-14,16-19,21,27H,3-12,15,20H2,1-2H3. The van der Waals surface area contributed by atoms with E-state index in [9.17, 15) is 33.6 Å². The minimum atomic E-state index is -1.45. The Labute approximate surface area is 482 Å². The lowest BCUT2D eigenvalue weighted by molar-refractivity contribution is -0.123. The van der Waals surface area contributed by atoms with Crippen molar-refractivity contribution < 1.29 is 42.9 Å². The number of carbonyl (C=O) groups excluding carboxylic acids is 5. The second-order valence-electron chi connectivity index (χ2n) is 20.4. The van der Waals surface area contributed by atoms with Gasteiger partial charge in [0.25, 0.3) is 22.9 Å². The van der Waals surface area contributed by atoms with Gasteiger partial charge in [0.15, 0.2) is 11.6 Å². The summed E-state index contributed by atoms with van der Waals surface area (Å²) in [5.74, 6) is -1.48. The van der Waals surface area contributed by atoms with Gasteiger partial charge in [-0.15, -0.1) is 0 Å². The number of anilines is 2. The number of esters is 1. The molecule has 2 aliphatic rings. The van der Waals surface area contributed by atoms with Crippen molar-refractivity contribution in [1.82, 2.24) is 19.1 Å². The Bertz CT molecular complexity index is 3290. The number of aromatic nitrogens is 4. The topological polar surface area (TPSA) is 199 Å². The predicted octanol–water partition coefficient (Wildman–Crippen LogP) is 14.5. The number of halogens is 2. The molecule has 2 unspecified atom stereocenters.